The van der Waals surface area contributed by atoms with Gasteiger partial charge in [-0.25, -0.2) is 0 Å². The zero-order valence-corrected chi connectivity index (χ0v) is 31.6. The summed E-state index contributed by atoms with van der Waals surface area (Å²) in [6, 6.07) is 79.2. The van der Waals surface area contributed by atoms with E-state index < -0.39 is 5.41 Å². The number of benzene rings is 9. The normalized spacial score (nSPS) is 13.1. The lowest BCUT2D eigenvalue weighted by atomic mass is 9.67. The lowest BCUT2D eigenvalue weighted by Crippen LogP contribution is -2.28. The molecule has 0 bridgehead atoms. The van der Waals surface area contributed by atoms with Crippen molar-refractivity contribution in [2.24, 2.45) is 0 Å². The van der Waals surface area contributed by atoms with Gasteiger partial charge in [-0.1, -0.05) is 158 Å². The number of anilines is 3. The molecule has 272 valence electrons. The van der Waals surface area contributed by atoms with Crippen molar-refractivity contribution in [1.29, 1.82) is 0 Å². The third-order valence-electron chi connectivity index (χ3n) is 12.3. The Bertz CT molecular complexity index is 3150. The van der Waals surface area contributed by atoms with E-state index in [-0.39, 0.29) is 0 Å². The molecule has 10 aromatic rings. The van der Waals surface area contributed by atoms with Gasteiger partial charge in [0.2, 0.25) is 0 Å². The van der Waals surface area contributed by atoms with Crippen molar-refractivity contribution in [3.05, 3.63) is 241 Å². The van der Waals surface area contributed by atoms with E-state index in [1.165, 1.54) is 49.7 Å². The number of nitrogens with zero attached hydrogens (tertiary/aromatic N) is 2. The fourth-order valence-corrected chi connectivity index (χ4v) is 9.79. The predicted octanol–water partition coefficient (Wildman–Crippen LogP) is 14.4. The zero-order valence-electron chi connectivity index (χ0n) is 31.6. The molecule has 0 amide bonds. The molecule has 1 aromatic heterocycles. The summed E-state index contributed by atoms with van der Waals surface area (Å²) in [5, 5.41) is 2.43. The Hall–Kier alpha value is -7.62. The van der Waals surface area contributed by atoms with Crippen LogP contribution in [0.5, 0.6) is 11.5 Å². The molecular weight excluding hydrogens is 705 g/mol. The first-order valence-electron chi connectivity index (χ1n) is 19.9. The molecule has 0 saturated heterocycles. The Kier molecular flexibility index (Phi) is 7.14. The maximum absolute atomic E-state index is 6.51. The van der Waals surface area contributed by atoms with Crippen molar-refractivity contribution < 1.29 is 4.74 Å². The van der Waals surface area contributed by atoms with Crippen LogP contribution in [0, 0.1) is 0 Å². The van der Waals surface area contributed by atoms with Crippen LogP contribution in [0.25, 0.3) is 49.7 Å². The smallest absolute Gasteiger partial charge is 0.152 e. The van der Waals surface area contributed by atoms with Crippen LogP contribution in [-0.2, 0) is 5.41 Å². The van der Waals surface area contributed by atoms with Gasteiger partial charge < -0.3 is 14.2 Å². The molecule has 0 spiro atoms. The monoisotopic (exact) mass is 740 g/mol. The molecule has 12 rings (SSSR count). The second kappa shape index (κ2) is 12.7. The average molecular weight is 741 g/mol. The first-order chi connectivity index (χ1) is 28.8. The summed E-state index contributed by atoms with van der Waals surface area (Å²) in [5.41, 5.74) is 16.1. The van der Waals surface area contributed by atoms with E-state index in [1.807, 2.05) is 0 Å². The number of hydrogen-bond donors (Lipinski definition) is 0. The highest BCUT2D eigenvalue weighted by atomic mass is 16.5. The number of fused-ring (bicyclic) bond motifs is 8. The molecule has 1 aliphatic heterocycles. The molecule has 0 saturated carbocycles. The molecule has 1 aliphatic carbocycles. The van der Waals surface area contributed by atoms with Gasteiger partial charge in [-0.2, -0.15) is 0 Å². The third-order valence-corrected chi connectivity index (χ3v) is 12.3. The van der Waals surface area contributed by atoms with Gasteiger partial charge in [0.05, 0.1) is 22.1 Å². The Labute approximate surface area is 337 Å². The van der Waals surface area contributed by atoms with Crippen molar-refractivity contribution >= 4 is 38.9 Å². The molecule has 0 radical (unpaired) electrons. The second-order valence-corrected chi connectivity index (χ2v) is 15.3. The molecule has 3 nitrogen and oxygen atoms in total. The molecule has 2 heterocycles. The molecule has 9 aromatic carbocycles. The average Bonchev–Trinajstić information content (AvgIpc) is 3.79. The van der Waals surface area contributed by atoms with E-state index in [0.29, 0.717) is 0 Å². The highest BCUT2D eigenvalue weighted by molar-refractivity contribution is 6.12. The van der Waals surface area contributed by atoms with E-state index in [1.54, 1.807) is 0 Å². The largest absolute Gasteiger partial charge is 0.453 e. The summed E-state index contributed by atoms with van der Waals surface area (Å²) < 4.78 is 8.88. The fourth-order valence-electron chi connectivity index (χ4n) is 9.79. The molecule has 0 N–H and O–H groups in total. The van der Waals surface area contributed by atoms with Gasteiger partial charge in [0.1, 0.15) is 0 Å². The van der Waals surface area contributed by atoms with Crippen molar-refractivity contribution in [1.82, 2.24) is 4.57 Å². The molecule has 0 fully saturated rings. The SMILES string of the molecule is c1ccc(N(c2ccc(-c3ccc4c(c3)-n3c5ccccc5c5cccc(c53)O4)cc2)c2ccc3c(c2)C(c2ccccc2)(c2ccccc2)c2ccccc2-3)cc1. The van der Waals surface area contributed by atoms with Crippen LogP contribution in [-0.4, -0.2) is 4.57 Å². The molecule has 3 heteroatoms. The van der Waals surface area contributed by atoms with Gasteiger partial charge in [0.15, 0.2) is 11.5 Å². The Balaban J connectivity index is 0.997. The zero-order chi connectivity index (χ0) is 38.2. The maximum atomic E-state index is 6.51. The number of aromatic nitrogens is 1. The summed E-state index contributed by atoms with van der Waals surface area (Å²) in [6.45, 7) is 0. The Morgan fingerprint density at radius 3 is 1.78 bits per heavy atom. The van der Waals surface area contributed by atoms with Crippen molar-refractivity contribution in [2.45, 2.75) is 5.41 Å². The minimum atomic E-state index is -0.482. The van der Waals surface area contributed by atoms with Crippen molar-refractivity contribution in [3.8, 4) is 39.4 Å². The minimum absolute atomic E-state index is 0.482. The van der Waals surface area contributed by atoms with Gasteiger partial charge in [0, 0.05) is 27.8 Å². The Morgan fingerprint density at radius 2 is 1.00 bits per heavy atom. The number of para-hydroxylation sites is 3. The van der Waals surface area contributed by atoms with Crippen LogP contribution in [0.4, 0.5) is 17.1 Å². The summed E-state index contributed by atoms with van der Waals surface area (Å²) >= 11 is 0. The van der Waals surface area contributed by atoms with Crippen molar-refractivity contribution in [3.63, 3.8) is 0 Å². The minimum Gasteiger partial charge on any atom is -0.453 e. The molecule has 0 unspecified atom stereocenters. The molecule has 2 aliphatic rings. The third kappa shape index (κ3) is 4.68. The second-order valence-electron chi connectivity index (χ2n) is 15.3. The topological polar surface area (TPSA) is 17.4 Å². The van der Waals surface area contributed by atoms with Crippen LogP contribution in [0.2, 0.25) is 0 Å². The molecule has 0 atom stereocenters. The maximum Gasteiger partial charge on any atom is 0.152 e. The lowest BCUT2D eigenvalue weighted by molar-refractivity contribution is 0.476. The van der Waals surface area contributed by atoms with E-state index in [0.717, 1.165) is 50.9 Å². The Morgan fingerprint density at radius 1 is 0.397 bits per heavy atom. The lowest BCUT2D eigenvalue weighted by Gasteiger charge is -2.35. The van der Waals surface area contributed by atoms with Crippen LogP contribution < -0.4 is 9.64 Å². The van der Waals surface area contributed by atoms with E-state index in [4.69, 9.17) is 4.74 Å². The van der Waals surface area contributed by atoms with Crippen molar-refractivity contribution in [2.75, 3.05) is 4.90 Å². The number of ether oxygens (including phenoxy) is 1. The fraction of sp³-hybridized carbons (Fsp3) is 0.0182. The first-order valence-corrected chi connectivity index (χ1v) is 19.9. The van der Waals surface area contributed by atoms with E-state index in [2.05, 4.69) is 228 Å². The summed E-state index contributed by atoms with van der Waals surface area (Å²) in [7, 11) is 0. The quantitative estimate of drug-likeness (QED) is 0.169. The van der Waals surface area contributed by atoms with Gasteiger partial charge in [-0.15, -0.1) is 0 Å². The van der Waals surface area contributed by atoms with Gasteiger partial charge in [-0.3, -0.25) is 0 Å². The summed E-state index contributed by atoms with van der Waals surface area (Å²) in [4.78, 5) is 2.38. The molecule has 58 heavy (non-hydrogen) atoms. The predicted molar refractivity (Wildman–Crippen MR) is 238 cm³/mol. The highest BCUT2D eigenvalue weighted by Gasteiger charge is 2.46. The molecular formula is C55H36N2O. The standard InChI is InChI=1S/C55H36N2O/c1-4-15-39(16-5-1)55(40-17-6-2-7-18-40)48-24-12-10-21-44(48)45-33-32-43(36-49(45)55)56(41-19-8-3-9-20-41)42-30-27-37(28-31-42)38-29-34-52-51(35-38)57-50-25-13-11-22-46(50)47-23-14-26-53(58-52)54(47)57/h1-36H. The van der Waals surface area contributed by atoms with Gasteiger partial charge >= 0.3 is 0 Å². The van der Waals surface area contributed by atoms with Crippen LogP contribution in [0.3, 0.4) is 0 Å². The van der Waals surface area contributed by atoms with Crippen LogP contribution in [0.15, 0.2) is 218 Å². The van der Waals surface area contributed by atoms with Crippen LogP contribution >= 0.6 is 0 Å². The van der Waals surface area contributed by atoms with Gasteiger partial charge in [-0.05, 0) is 105 Å². The van der Waals surface area contributed by atoms with Gasteiger partial charge in [0.25, 0.3) is 0 Å². The summed E-state index contributed by atoms with van der Waals surface area (Å²) in [6.07, 6.45) is 0. The summed E-state index contributed by atoms with van der Waals surface area (Å²) in [5.74, 6) is 1.75. The highest BCUT2D eigenvalue weighted by Crippen LogP contribution is 2.57. The first kappa shape index (κ1) is 32.6. The number of hydrogen-bond acceptors (Lipinski definition) is 2. The van der Waals surface area contributed by atoms with E-state index >= 15 is 0 Å². The number of rotatable bonds is 6. The van der Waals surface area contributed by atoms with E-state index in [9.17, 15) is 0 Å². The van der Waals surface area contributed by atoms with Crippen LogP contribution in [0.1, 0.15) is 22.3 Å².